The second kappa shape index (κ2) is 4.00. The van der Waals surface area contributed by atoms with Gasteiger partial charge in [0.05, 0.1) is 5.69 Å². The third kappa shape index (κ3) is 1.64. The third-order valence-electron chi connectivity index (χ3n) is 2.88. The summed E-state index contributed by atoms with van der Waals surface area (Å²) in [5, 5.41) is 6.42. The van der Waals surface area contributed by atoms with Crippen LogP contribution in [0.4, 0.5) is 4.79 Å². The monoisotopic (exact) mass is 237 g/mol. The van der Waals surface area contributed by atoms with Crippen molar-refractivity contribution in [1.29, 1.82) is 0 Å². The maximum Gasteiger partial charge on any atom is 0.339 e. The normalized spacial score (nSPS) is 10.7. The van der Waals surface area contributed by atoms with E-state index in [1.165, 1.54) is 0 Å². The van der Waals surface area contributed by atoms with Gasteiger partial charge < -0.3 is 5.73 Å². The number of hydrogen-bond acceptors (Lipinski definition) is 2. The van der Waals surface area contributed by atoms with Crippen LogP contribution in [0.5, 0.6) is 0 Å². The van der Waals surface area contributed by atoms with Crippen molar-refractivity contribution in [2.45, 2.75) is 0 Å². The highest BCUT2D eigenvalue weighted by Gasteiger charge is 2.08. The van der Waals surface area contributed by atoms with Crippen molar-refractivity contribution in [2.75, 3.05) is 0 Å². The van der Waals surface area contributed by atoms with Gasteiger partial charge in [-0.3, -0.25) is 0 Å². The van der Waals surface area contributed by atoms with Crippen LogP contribution in [0.25, 0.3) is 22.0 Å². The van der Waals surface area contributed by atoms with Crippen LogP contribution in [0.15, 0.2) is 54.7 Å². The Balaban J connectivity index is 2.21. The number of carbonyl (C=O) groups excluding carboxylic acids is 1. The molecule has 0 aliphatic rings. The first kappa shape index (κ1) is 10.5. The Bertz CT molecular complexity index is 725. The van der Waals surface area contributed by atoms with Crippen molar-refractivity contribution in [1.82, 2.24) is 9.78 Å². The van der Waals surface area contributed by atoms with E-state index in [4.69, 9.17) is 5.73 Å². The number of nitrogens with two attached hydrogens (primary N) is 1. The average molecular weight is 237 g/mol. The number of fused-ring (bicyclic) bond motifs is 1. The fraction of sp³-hybridized carbons (Fsp3) is 0. The quantitative estimate of drug-likeness (QED) is 0.707. The number of primary amides is 1. The minimum absolute atomic E-state index is 0.582. The van der Waals surface area contributed by atoms with E-state index < -0.39 is 6.03 Å². The largest absolute Gasteiger partial charge is 0.350 e. The zero-order chi connectivity index (χ0) is 12.5. The van der Waals surface area contributed by atoms with Crippen LogP contribution in [-0.4, -0.2) is 15.8 Å². The molecule has 0 spiro atoms. The molecule has 0 aliphatic carbocycles. The summed E-state index contributed by atoms with van der Waals surface area (Å²) in [5.74, 6) is 0. The highest BCUT2D eigenvalue weighted by molar-refractivity contribution is 5.95. The van der Waals surface area contributed by atoms with Crippen molar-refractivity contribution < 1.29 is 4.79 Å². The second-order valence-electron chi connectivity index (χ2n) is 4.01. The highest BCUT2D eigenvalue weighted by Crippen LogP contribution is 2.26. The molecule has 0 radical (unpaired) electrons. The number of benzene rings is 2. The summed E-state index contributed by atoms with van der Waals surface area (Å²) in [6.45, 7) is 0. The maximum atomic E-state index is 11.0. The maximum absolute atomic E-state index is 11.0. The van der Waals surface area contributed by atoms with Gasteiger partial charge in [-0.25, -0.2) is 4.79 Å². The molecule has 4 heteroatoms. The Labute approximate surface area is 104 Å². The Hall–Kier alpha value is -2.62. The van der Waals surface area contributed by atoms with Gasteiger partial charge in [0.25, 0.3) is 0 Å². The molecule has 0 unspecified atom stereocenters. The van der Waals surface area contributed by atoms with Crippen LogP contribution in [0.3, 0.4) is 0 Å². The van der Waals surface area contributed by atoms with Gasteiger partial charge >= 0.3 is 6.03 Å². The molecule has 0 atom stereocenters. The number of hydrogen-bond donors (Lipinski definition) is 1. The van der Waals surface area contributed by atoms with Gasteiger partial charge in [0.1, 0.15) is 0 Å². The van der Waals surface area contributed by atoms with Gasteiger partial charge in [0.15, 0.2) is 0 Å². The SMILES string of the molecule is NC(=O)n1ccc(-c2cccc3ccccc23)n1. The Morgan fingerprint density at radius 1 is 1.06 bits per heavy atom. The van der Waals surface area contributed by atoms with Crippen molar-refractivity contribution in [3.8, 4) is 11.3 Å². The van der Waals surface area contributed by atoms with Gasteiger partial charge in [-0.1, -0.05) is 42.5 Å². The van der Waals surface area contributed by atoms with Crippen molar-refractivity contribution in [3.05, 3.63) is 54.7 Å². The predicted octanol–water partition coefficient (Wildman–Crippen LogP) is 2.63. The van der Waals surface area contributed by atoms with Gasteiger partial charge in [-0.2, -0.15) is 9.78 Å². The summed E-state index contributed by atoms with van der Waals surface area (Å²) in [7, 11) is 0. The number of rotatable bonds is 1. The van der Waals surface area contributed by atoms with Gasteiger partial charge in [-0.15, -0.1) is 0 Å². The van der Waals surface area contributed by atoms with E-state index in [1.807, 2.05) is 42.5 Å². The molecule has 3 rings (SSSR count). The van der Waals surface area contributed by atoms with Gasteiger partial charge in [0.2, 0.25) is 0 Å². The van der Waals surface area contributed by atoms with Crippen LogP contribution >= 0.6 is 0 Å². The minimum atomic E-state index is -0.582. The minimum Gasteiger partial charge on any atom is -0.350 e. The Kier molecular flexibility index (Phi) is 2.34. The molecular formula is C14H11N3O. The van der Waals surface area contributed by atoms with Gasteiger partial charge in [-0.05, 0) is 16.8 Å². The summed E-state index contributed by atoms with van der Waals surface area (Å²) in [6, 6.07) is 15.3. The summed E-state index contributed by atoms with van der Waals surface area (Å²) >= 11 is 0. The summed E-state index contributed by atoms with van der Waals surface area (Å²) in [6.07, 6.45) is 1.57. The zero-order valence-electron chi connectivity index (χ0n) is 9.58. The summed E-state index contributed by atoms with van der Waals surface area (Å²) < 4.78 is 1.14. The summed E-state index contributed by atoms with van der Waals surface area (Å²) in [5.41, 5.74) is 6.91. The number of amides is 1. The van der Waals surface area contributed by atoms with E-state index in [2.05, 4.69) is 5.10 Å². The lowest BCUT2D eigenvalue weighted by Gasteiger charge is -2.03. The average Bonchev–Trinajstić information content (AvgIpc) is 2.87. The molecule has 2 aromatic carbocycles. The van der Waals surface area contributed by atoms with E-state index in [-0.39, 0.29) is 0 Å². The fourth-order valence-corrected chi connectivity index (χ4v) is 2.04. The second-order valence-corrected chi connectivity index (χ2v) is 4.01. The van der Waals surface area contributed by atoms with Crippen LogP contribution in [0, 0.1) is 0 Å². The lowest BCUT2D eigenvalue weighted by atomic mass is 10.0. The van der Waals surface area contributed by atoms with Gasteiger partial charge in [0, 0.05) is 11.8 Å². The van der Waals surface area contributed by atoms with E-state index >= 15 is 0 Å². The molecule has 88 valence electrons. The predicted molar refractivity (Wildman–Crippen MR) is 70.2 cm³/mol. The first-order valence-electron chi connectivity index (χ1n) is 5.59. The number of aromatic nitrogens is 2. The third-order valence-corrected chi connectivity index (χ3v) is 2.88. The van der Waals surface area contributed by atoms with Crippen molar-refractivity contribution >= 4 is 16.8 Å². The molecule has 0 saturated carbocycles. The van der Waals surface area contributed by atoms with Crippen molar-refractivity contribution in [3.63, 3.8) is 0 Å². The first-order valence-corrected chi connectivity index (χ1v) is 5.59. The molecule has 3 aromatic rings. The van der Waals surface area contributed by atoms with E-state index in [0.29, 0.717) is 0 Å². The molecule has 0 bridgehead atoms. The molecule has 4 nitrogen and oxygen atoms in total. The molecule has 1 aromatic heterocycles. The molecular weight excluding hydrogens is 226 g/mol. The lowest BCUT2D eigenvalue weighted by Crippen LogP contribution is -2.19. The number of nitrogens with zero attached hydrogens (tertiary/aromatic N) is 2. The highest BCUT2D eigenvalue weighted by atomic mass is 16.2. The Morgan fingerprint density at radius 3 is 2.61 bits per heavy atom. The standard InChI is InChI=1S/C14H11N3O/c15-14(18)17-9-8-13(16-17)12-7-3-5-10-4-1-2-6-11(10)12/h1-9H,(H2,15,18). The van der Waals surface area contributed by atoms with Crippen molar-refractivity contribution in [2.24, 2.45) is 5.73 Å². The molecule has 0 fully saturated rings. The van der Waals surface area contributed by atoms with E-state index in [9.17, 15) is 4.79 Å². The van der Waals surface area contributed by atoms with Crippen LogP contribution < -0.4 is 5.73 Å². The first-order chi connectivity index (χ1) is 8.75. The fourth-order valence-electron chi connectivity index (χ4n) is 2.04. The van der Waals surface area contributed by atoms with Crippen LogP contribution in [-0.2, 0) is 0 Å². The van der Waals surface area contributed by atoms with E-state index in [1.54, 1.807) is 12.3 Å². The molecule has 0 saturated heterocycles. The molecule has 0 aliphatic heterocycles. The summed E-state index contributed by atoms with van der Waals surface area (Å²) in [4.78, 5) is 11.0. The molecule has 1 amide bonds. The topological polar surface area (TPSA) is 60.9 Å². The zero-order valence-corrected chi connectivity index (χ0v) is 9.58. The molecule has 1 heterocycles. The molecule has 18 heavy (non-hydrogen) atoms. The van der Waals surface area contributed by atoms with Crippen LogP contribution in [0.1, 0.15) is 0 Å². The lowest BCUT2D eigenvalue weighted by molar-refractivity contribution is 0.248. The smallest absolute Gasteiger partial charge is 0.339 e. The van der Waals surface area contributed by atoms with E-state index in [0.717, 1.165) is 26.7 Å². The molecule has 2 N–H and O–H groups in total. The Morgan fingerprint density at radius 2 is 1.83 bits per heavy atom. The number of carbonyl (C=O) groups is 1. The van der Waals surface area contributed by atoms with Crippen LogP contribution in [0.2, 0.25) is 0 Å².